The maximum atomic E-state index is 12.5. The number of carbonyl (C=O) groups excluding carboxylic acids is 1. The number of aromatic hydroxyl groups is 1. The van der Waals surface area contributed by atoms with E-state index in [0.717, 1.165) is 14.5 Å². The number of halogens is 2. The summed E-state index contributed by atoms with van der Waals surface area (Å²) in [5.41, 5.74) is 1.13. The van der Waals surface area contributed by atoms with Crippen LogP contribution < -0.4 is 4.74 Å². The van der Waals surface area contributed by atoms with Crippen molar-refractivity contribution >= 4 is 37.8 Å². The van der Waals surface area contributed by atoms with E-state index in [9.17, 15) is 9.90 Å². The number of phenols is 1. The second-order valence-electron chi connectivity index (χ2n) is 4.78. The van der Waals surface area contributed by atoms with Crippen LogP contribution in [0.25, 0.3) is 0 Å². The van der Waals surface area contributed by atoms with E-state index >= 15 is 0 Å². The number of rotatable bonds is 4. The second-order valence-corrected chi connectivity index (χ2v) is 6.61. The van der Waals surface area contributed by atoms with Gasteiger partial charge in [-0.15, -0.1) is 0 Å². The van der Waals surface area contributed by atoms with Crippen LogP contribution in [0.5, 0.6) is 11.5 Å². The van der Waals surface area contributed by atoms with Crippen molar-refractivity contribution in [3.05, 3.63) is 56.5 Å². The fourth-order valence-corrected chi connectivity index (χ4v) is 2.85. The number of ether oxygens (including phenoxy) is 1. The molecule has 0 bridgehead atoms. The highest BCUT2D eigenvalue weighted by Crippen LogP contribution is 2.26. The van der Waals surface area contributed by atoms with Gasteiger partial charge in [0.2, 0.25) is 0 Å². The minimum atomic E-state index is -0.263. The van der Waals surface area contributed by atoms with Gasteiger partial charge in [-0.3, -0.25) is 4.79 Å². The summed E-state index contributed by atoms with van der Waals surface area (Å²) in [5, 5.41) is 9.86. The van der Waals surface area contributed by atoms with Gasteiger partial charge < -0.3 is 14.7 Å². The third-order valence-electron chi connectivity index (χ3n) is 3.19. The Balaban J connectivity index is 2.25. The van der Waals surface area contributed by atoms with Crippen LogP contribution in [0, 0.1) is 0 Å². The number of amides is 1. The fourth-order valence-electron chi connectivity index (χ4n) is 2.08. The molecular weight excluding hydrogens is 414 g/mol. The van der Waals surface area contributed by atoms with Gasteiger partial charge in [-0.2, -0.15) is 0 Å². The molecule has 2 aromatic rings. The van der Waals surface area contributed by atoms with Crippen molar-refractivity contribution in [2.24, 2.45) is 0 Å². The van der Waals surface area contributed by atoms with Crippen molar-refractivity contribution in [2.75, 3.05) is 14.2 Å². The van der Waals surface area contributed by atoms with Crippen LogP contribution in [-0.4, -0.2) is 30.1 Å². The number of hydrogen-bond donors (Lipinski definition) is 1. The molecule has 1 N–H and O–H groups in total. The standard InChI is InChI=1S/C16H15Br2NO3/c1-19(9-10-7-11(17)4-6-15(10)22-2)16(21)13-8-12(18)3-5-14(13)20/h3-8,20H,9H2,1-2H3. The molecule has 0 fully saturated rings. The van der Waals surface area contributed by atoms with Gasteiger partial charge in [0, 0.05) is 28.1 Å². The SMILES string of the molecule is COc1ccc(Br)cc1CN(C)C(=O)c1cc(Br)ccc1O. The van der Waals surface area contributed by atoms with Gasteiger partial charge in [-0.05, 0) is 36.4 Å². The maximum Gasteiger partial charge on any atom is 0.257 e. The van der Waals surface area contributed by atoms with Crippen molar-refractivity contribution in [1.82, 2.24) is 4.90 Å². The molecule has 2 rings (SSSR count). The highest BCUT2D eigenvalue weighted by molar-refractivity contribution is 9.10. The molecule has 0 saturated heterocycles. The van der Waals surface area contributed by atoms with E-state index in [-0.39, 0.29) is 17.2 Å². The Labute approximate surface area is 146 Å². The predicted octanol–water partition coefficient (Wildman–Crippen LogP) is 4.20. The lowest BCUT2D eigenvalue weighted by molar-refractivity contribution is 0.0781. The maximum absolute atomic E-state index is 12.5. The van der Waals surface area contributed by atoms with Crippen LogP contribution in [-0.2, 0) is 6.54 Å². The Hall–Kier alpha value is -1.53. The Morgan fingerprint density at radius 3 is 2.50 bits per heavy atom. The molecule has 116 valence electrons. The number of hydrogen-bond acceptors (Lipinski definition) is 3. The van der Waals surface area contributed by atoms with Gasteiger partial charge >= 0.3 is 0 Å². The largest absolute Gasteiger partial charge is 0.507 e. The summed E-state index contributed by atoms with van der Waals surface area (Å²) in [6.07, 6.45) is 0. The van der Waals surface area contributed by atoms with Gasteiger partial charge in [0.1, 0.15) is 11.5 Å². The van der Waals surface area contributed by atoms with Gasteiger partial charge in [-0.1, -0.05) is 31.9 Å². The van der Waals surface area contributed by atoms with E-state index in [0.29, 0.717) is 12.3 Å². The monoisotopic (exact) mass is 427 g/mol. The van der Waals surface area contributed by atoms with E-state index < -0.39 is 0 Å². The lowest BCUT2D eigenvalue weighted by Gasteiger charge is -2.19. The first-order valence-corrected chi connectivity index (χ1v) is 8.07. The highest BCUT2D eigenvalue weighted by Gasteiger charge is 2.18. The first kappa shape index (κ1) is 16.8. The zero-order chi connectivity index (χ0) is 16.3. The predicted molar refractivity (Wildman–Crippen MR) is 92.3 cm³/mol. The lowest BCUT2D eigenvalue weighted by atomic mass is 10.1. The molecule has 2 aromatic carbocycles. The Morgan fingerprint density at radius 2 is 1.82 bits per heavy atom. The summed E-state index contributed by atoms with van der Waals surface area (Å²) in [6, 6.07) is 10.4. The summed E-state index contributed by atoms with van der Waals surface area (Å²) < 4.78 is 6.96. The molecule has 0 heterocycles. The number of methoxy groups -OCH3 is 1. The molecule has 0 aromatic heterocycles. The minimum Gasteiger partial charge on any atom is -0.507 e. The molecule has 6 heteroatoms. The van der Waals surface area contributed by atoms with Crippen LogP contribution in [0.15, 0.2) is 45.3 Å². The average Bonchev–Trinajstić information content (AvgIpc) is 2.49. The molecule has 1 amide bonds. The molecule has 0 spiro atoms. The summed E-state index contributed by atoms with van der Waals surface area (Å²) in [7, 11) is 3.28. The van der Waals surface area contributed by atoms with Gasteiger partial charge in [0.15, 0.2) is 0 Å². The molecule has 0 aliphatic heterocycles. The lowest BCUT2D eigenvalue weighted by Crippen LogP contribution is -2.26. The smallest absolute Gasteiger partial charge is 0.257 e. The Kier molecular flexibility index (Phi) is 5.47. The highest BCUT2D eigenvalue weighted by atomic mass is 79.9. The third kappa shape index (κ3) is 3.81. The summed E-state index contributed by atoms with van der Waals surface area (Å²) in [6.45, 7) is 0.368. The summed E-state index contributed by atoms with van der Waals surface area (Å²) in [5.74, 6) is 0.406. The van der Waals surface area contributed by atoms with Crippen molar-refractivity contribution in [3.8, 4) is 11.5 Å². The van der Waals surface area contributed by atoms with E-state index in [2.05, 4.69) is 31.9 Å². The topological polar surface area (TPSA) is 49.8 Å². The second kappa shape index (κ2) is 7.15. The molecule has 0 radical (unpaired) electrons. The van der Waals surface area contributed by atoms with Crippen molar-refractivity contribution in [1.29, 1.82) is 0 Å². The average molecular weight is 429 g/mol. The van der Waals surface area contributed by atoms with Crippen LogP contribution in [0.2, 0.25) is 0 Å². The molecule has 0 unspecified atom stereocenters. The molecule has 0 saturated carbocycles. The van der Waals surface area contributed by atoms with Crippen LogP contribution in [0.3, 0.4) is 0 Å². The van der Waals surface area contributed by atoms with E-state index in [4.69, 9.17) is 4.74 Å². The molecule has 0 aliphatic carbocycles. The first-order valence-electron chi connectivity index (χ1n) is 6.48. The minimum absolute atomic E-state index is 0.0405. The van der Waals surface area contributed by atoms with Crippen LogP contribution >= 0.6 is 31.9 Å². The van der Waals surface area contributed by atoms with Crippen molar-refractivity contribution < 1.29 is 14.6 Å². The fraction of sp³-hybridized carbons (Fsp3) is 0.188. The Bertz CT molecular complexity index is 704. The van der Waals surface area contributed by atoms with E-state index in [1.54, 1.807) is 26.3 Å². The van der Waals surface area contributed by atoms with Crippen LogP contribution in [0.1, 0.15) is 15.9 Å². The van der Waals surface area contributed by atoms with E-state index in [1.807, 2.05) is 18.2 Å². The van der Waals surface area contributed by atoms with Crippen molar-refractivity contribution in [2.45, 2.75) is 6.54 Å². The number of phenolic OH excluding ortho intramolecular Hbond substituents is 1. The number of nitrogens with zero attached hydrogens (tertiary/aromatic N) is 1. The molecular formula is C16H15Br2NO3. The zero-order valence-corrected chi connectivity index (χ0v) is 15.3. The number of benzene rings is 2. The molecule has 4 nitrogen and oxygen atoms in total. The van der Waals surface area contributed by atoms with E-state index in [1.165, 1.54) is 11.0 Å². The molecule has 0 aliphatic rings. The van der Waals surface area contributed by atoms with Gasteiger partial charge in [0.05, 0.1) is 12.7 Å². The van der Waals surface area contributed by atoms with Gasteiger partial charge in [-0.25, -0.2) is 0 Å². The normalized spacial score (nSPS) is 10.4. The number of carbonyl (C=O) groups is 1. The van der Waals surface area contributed by atoms with Crippen molar-refractivity contribution in [3.63, 3.8) is 0 Å². The zero-order valence-electron chi connectivity index (χ0n) is 12.1. The first-order chi connectivity index (χ1) is 10.4. The third-order valence-corrected chi connectivity index (χ3v) is 4.17. The summed E-state index contributed by atoms with van der Waals surface area (Å²) in [4.78, 5) is 14.0. The quantitative estimate of drug-likeness (QED) is 0.793. The Morgan fingerprint density at radius 1 is 1.18 bits per heavy atom. The molecule has 22 heavy (non-hydrogen) atoms. The van der Waals surface area contributed by atoms with Gasteiger partial charge in [0.25, 0.3) is 5.91 Å². The molecule has 0 atom stereocenters. The summed E-state index contributed by atoms with van der Waals surface area (Å²) >= 11 is 6.72. The van der Waals surface area contributed by atoms with Crippen LogP contribution in [0.4, 0.5) is 0 Å².